The normalized spacial score (nSPS) is 10.4. The molecule has 3 aromatic carbocycles. The zero-order chi connectivity index (χ0) is 15.2. The summed E-state index contributed by atoms with van der Waals surface area (Å²) >= 11 is 0. The molecule has 2 N–H and O–H groups in total. The van der Waals surface area contributed by atoms with E-state index in [4.69, 9.17) is 0 Å². The Kier molecular flexibility index (Phi) is 4.52. The van der Waals surface area contributed by atoms with Gasteiger partial charge in [0.05, 0.1) is 0 Å². The fraction of sp³-hybridized carbons (Fsp3) is 0.100. The van der Waals surface area contributed by atoms with Crippen LogP contribution in [0.1, 0.15) is 11.1 Å². The SMILES string of the molecule is Cc1cccc(-c2ccccc2CNNc2ccccc2)c1. The van der Waals surface area contributed by atoms with Gasteiger partial charge in [-0.1, -0.05) is 72.3 Å². The molecule has 0 saturated heterocycles. The van der Waals surface area contributed by atoms with Crippen molar-refractivity contribution in [1.29, 1.82) is 0 Å². The molecule has 0 amide bonds. The molecule has 0 saturated carbocycles. The van der Waals surface area contributed by atoms with E-state index in [0.29, 0.717) is 0 Å². The molecule has 0 aliphatic heterocycles. The van der Waals surface area contributed by atoms with E-state index in [1.54, 1.807) is 0 Å². The maximum absolute atomic E-state index is 3.29. The van der Waals surface area contributed by atoms with Gasteiger partial charge in [-0.2, -0.15) is 0 Å². The van der Waals surface area contributed by atoms with Crippen LogP contribution in [0.2, 0.25) is 0 Å². The van der Waals surface area contributed by atoms with E-state index in [0.717, 1.165) is 12.2 Å². The molecule has 0 aliphatic carbocycles. The molecule has 2 nitrogen and oxygen atoms in total. The number of anilines is 1. The molecule has 0 radical (unpaired) electrons. The number of hydrazine groups is 1. The van der Waals surface area contributed by atoms with E-state index in [9.17, 15) is 0 Å². The van der Waals surface area contributed by atoms with Crippen molar-refractivity contribution in [2.75, 3.05) is 5.43 Å². The highest BCUT2D eigenvalue weighted by atomic mass is 15.3. The molecule has 3 aromatic rings. The summed E-state index contributed by atoms with van der Waals surface area (Å²) in [5.74, 6) is 0. The van der Waals surface area contributed by atoms with Gasteiger partial charge in [0.2, 0.25) is 0 Å². The number of hydrogen-bond acceptors (Lipinski definition) is 2. The number of para-hydroxylation sites is 1. The predicted octanol–water partition coefficient (Wildman–Crippen LogP) is 4.78. The van der Waals surface area contributed by atoms with Crippen LogP contribution >= 0.6 is 0 Å². The summed E-state index contributed by atoms with van der Waals surface area (Å²) in [4.78, 5) is 0. The summed E-state index contributed by atoms with van der Waals surface area (Å²) in [6.07, 6.45) is 0. The third kappa shape index (κ3) is 3.54. The van der Waals surface area contributed by atoms with Crippen molar-refractivity contribution < 1.29 is 0 Å². The molecule has 110 valence electrons. The molecule has 0 aliphatic rings. The molecule has 0 spiro atoms. The highest BCUT2D eigenvalue weighted by Crippen LogP contribution is 2.24. The minimum absolute atomic E-state index is 0.763. The summed E-state index contributed by atoms with van der Waals surface area (Å²) in [5, 5.41) is 0. The maximum Gasteiger partial charge on any atom is 0.0487 e. The average Bonchev–Trinajstić information content (AvgIpc) is 2.56. The summed E-state index contributed by atoms with van der Waals surface area (Å²) in [6, 6.07) is 27.3. The van der Waals surface area contributed by atoms with E-state index >= 15 is 0 Å². The van der Waals surface area contributed by atoms with E-state index in [2.05, 4.69) is 66.3 Å². The second-order valence-electron chi connectivity index (χ2n) is 5.37. The Morgan fingerprint density at radius 1 is 0.773 bits per heavy atom. The molecular formula is C20H20N2. The Hall–Kier alpha value is -2.58. The summed E-state index contributed by atoms with van der Waals surface area (Å²) in [6.45, 7) is 2.89. The van der Waals surface area contributed by atoms with Crippen LogP contribution in [0, 0.1) is 6.92 Å². The highest BCUT2D eigenvalue weighted by Gasteiger charge is 2.04. The van der Waals surface area contributed by atoms with Gasteiger partial charge in [-0.05, 0) is 35.7 Å². The zero-order valence-electron chi connectivity index (χ0n) is 12.7. The first-order valence-electron chi connectivity index (χ1n) is 7.52. The fourth-order valence-electron chi connectivity index (χ4n) is 2.53. The Labute approximate surface area is 131 Å². The van der Waals surface area contributed by atoms with Crippen LogP contribution < -0.4 is 10.9 Å². The second kappa shape index (κ2) is 6.92. The summed E-state index contributed by atoms with van der Waals surface area (Å²) in [7, 11) is 0. The molecule has 0 atom stereocenters. The van der Waals surface area contributed by atoms with Gasteiger partial charge in [-0.3, -0.25) is 0 Å². The standard InChI is InChI=1S/C20H20N2/c1-16-8-7-10-17(14-16)20-13-6-5-9-18(20)15-21-22-19-11-3-2-4-12-19/h2-14,21-22H,15H2,1H3. The molecule has 0 aromatic heterocycles. The first-order chi connectivity index (χ1) is 10.8. The van der Waals surface area contributed by atoms with Gasteiger partial charge in [0.25, 0.3) is 0 Å². The van der Waals surface area contributed by atoms with Crippen molar-refractivity contribution in [2.45, 2.75) is 13.5 Å². The van der Waals surface area contributed by atoms with Crippen molar-refractivity contribution >= 4 is 5.69 Å². The van der Waals surface area contributed by atoms with Crippen LogP contribution in [-0.4, -0.2) is 0 Å². The van der Waals surface area contributed by atoms with E-state index in [-0.39, 0.29) is 0 Å². The van der Waals surface area contributed by atoms with Crippen molar-refractivity contribution in [3.8, 4) is 11.1 Å². The maximum atomic E-state index is 3.29. The van der Waals surface area contributed by atoms with Crippen LogP contribution in [0.15, 0.2) is 78.9 Å². The van der Waals surface area contributed by atoms with Gasteiger partial charge in [-0.25, -0.2) is 5.43 Å². The van der Waals surface area contributed by atoms with Crippen LogP contribution in [0.25, 0.3) is 11.1 Å². The van der Waals surface area contributed by atoms with E-state index in [1.807, 2.05) is 30.3 Å². The van der Waals surface area contributed by atoms with Gasteiger partial charge in [0.1, 0.15) is 0 Å². The molecule has 0 heterocycles. The van der Waals surface area contributed by atoms with Crippen LogP contribution in [0.4, 0.5) is 5.69 Å². The zero-order valence-corrected chi connectivity index (χ0v) is 12.7. The lowest BCUT2D eigenvalue weighted by Gasteiger charge is -2.13. The lowest BCUT2D eigenvalue weighted by atomic mass is 9.98. The Morgan fingerprint density at radius 2 is 1.55 bits per heavy atom. The Bertz CT molecular complexity index is 735. The Balaban J connectivity index is 1.74. The molecule has 0 bridgehead atoms. The quantitative estimate of drug-likeness (QED) is 0.660. The molecule has 22 heavy (non-hydrogen) atoms. The molecule has 3 rings (SSSR count). The van der Waals surface area contributed by atoms with Gasteiger partial charge >= 0.3 is 0 Å². The lowest BCUT2D eigenvalue weighted by Crippen LogP contribution is -2.21. The molecular weight excluding hydrogens is 268 g/mol. The predicted molar refractivity (Wildman–Crippen MR) is 93.5 cm³/mol. The Morgan fingerprint density at radius 3 is 2.36 bits per heavy atom. The first kappa shape index (κ1) is 14.4. The van der Waals surface area contributed by atoms with Crippen LogP contribution in [0.3, 0.4) is 0 Å². The van der Waals surface area contributed by atoms with Gasteiger partial charge < -0.3 is 5.43 Å². The van der Waals surface area contributed by atoms with Crippen molar-refractivity contribution in [3.05, 3.63) is 90.0 Å². The summed E-state index contributed by atoms with van der Waals surface area (Å²) < 4.78 is 0. The van der Waals surface area contributed by atoms with Crippen LogP contribution in [0.5, 0.6) is 0 Å². The monoisotopic (exact) mass is 288 g/mol. The third-order valence-electron chi connectivity index (χ3n) is 3.63. The second-order valence-corrected chi connectivity index (χ2v) is 5.37. The topological polar surface area (TPSA) is 24.1 Å². The van der Waals surface area contributed by atoms with Crippen molar-refractivity contribution in [3.63, 3.8) is 0 Å². The highest BCUT2D eigenvalue weighted by molar-refractivity contribution is 5.68. The van der Waals surface area contributed by atoms with Gasteiger partial charge in [0, 0.05) is 12.2 Å². The molecule has 0 unspecified atom stereocenters. The van der Waals surface area contributed by atoms with Crippen LogP contribution in [-0.2, 0) is 6.54 Å². The smallest absolute Gasteiger partial charge is 0.0487 e. The minimum Gasteiger partial charge on any atom is -0.321 e. The van der Waals surface area contributed by atoms with E-state index < -0.39 is 0 Å². The fourth-order valence-corrected chi connectivity index (χ4v) is 2.53. The minimum atomic E-state index is 0.763. The van der Waals surface area contributed by atoms with Gasteiger partial charge in [-0.15, -0.1) is 0 Å². The lowest BCUT2D eigenvalue weighted by molar-refractivity contribution is 0.803. The van der Waals surface area contributed by atoms with Crippen molar-refractivity contribution in [1.82, 2.24) is 5.43 Å². The first-order valence-corrected chi connectivity index (χ1v) is 7.52. The summed E-state index contributed by atoms with van der Waals surface area (Å²) in [5.41, 5.74) is 12.7. The number of hydrogen-bond donors (Lipinski definition) is 2. The molecule has 2 heteroatoms. The average molecular weight is 288 g/mol. The number of rotatable bonds is 5. The third-order valence-corrected chi connectivity index (χ3v) is 3.63. The molecule has 0 fully saturated rings. The number of nitrogens with one attached hydrogen (secondary N) is 2. The van der Waals surface area contributed by atoms with E-state index in [1.165, 1.54) is 22.3 Å². The largest absolute Gasteiger partial charge is 0.321 e. The number of aryl methyl sites for hydroxylation is 1. The van der Waals surface area contributed by atoms with Crippen molar-refractivity contribution in [2.24, 2.45) is 0 Å². The van der Waals surface area contributed by atoms with Gasteiger partial charge in [0.15, 0.2) is 0 Å². The number of benzene rings is 3.